The van der Waals surface area contributed by atoms with Gasteiger partial charge in [-0.05, 0) is 35.2 Å². The first-order chi connectivity index (χ1) is 13.5. The van der Waals surface area contributed by atoms with E-state index in [1.54, 1.807) is 24.3 Å². The Bertz CT molecular complexity index is 952. The van der Waals surface area contributed by atoms with Crippen LogP contribution in [-0.2, 0) is 29.1 Å². The van der Waals surface area contributed by atoms with Crippen LogP contribution in [0.5, 0.6) is 0 Å². The van der Waals surface area contributed by atoms with Gasteiger partial charge in [-0.3, -0.25) is 0 Å². The smallest absolute Gasteiger partial charge is 0.376 e. The number of fused-ring (bicyclic) bond motifs is 1. The van der Waals surface area contributed by atoms with Crippen molar-refractivity contribution in [3.05, 3.63) is 59.2 Å². The van der Waals surface area contributed by atoms with Crippen molar-refractivity contribution >= 4 is 0 Å². The molecule has 0 saturated heterocycles. The van der Waals surface area contributed by atoms with Crippen molar-refractivity contribution < 1.29 is 27.2 Å². The zero-order valence-electron chi connectivity index (χ0n) is 14.8. The fourth-order valence-corrected chi connectivity index (χ4v) is 2.99. The second-order valence-corrected chi connectivity index (χ2v) is 6.51. The maximum absolute atomic E-state index is 12.1. The summed E-state index contributed by atoms with van der Waals surface area (Å²) in [4.78, 5) is 4.43. The molecule has 28 heavy (non-hydrogen) atoms. The average molecular weight is 390 g/mol. The number of hydrogen-bond acceptors (Lipinski definition) is 5. The summed E-state index contributed by atoms with van der Waals surface area (Å²) in [6.07, 6.45) is -3.48. The predicted octanol–water partition coefficient (Wildman–Crippen LogP) is 4.56. The number of ether oxygens (including phenoxy) is 2. The summed E-state index contributed by atoms with van der Waals surface area (Å²) in [7, 11) is 0. The maximum atomic E-state index is 12.1. The van der Waals surface area contributed by atoms with E-state index in [0.29, 0.717) is 36.1 Å². The largest absolute Gasteiger partial charge is 0.411 e. The standard InChI is InChI=1S/C20H17F3N2O3/c21-20(22,23)12-27-10-13-1-3-14(4-2-13)18-24-19(28-25-18)16-5-6-17-11-26-8-7-15(17)9-16/h1-6,9H,7-8,10-12H2. The highest BCUT2D eigenvalue weighted by Crippen LogP contribution is 2.26. The minimum absolute atomic E-state index is 0.115. The van der Waals surface area contributed by atoms with Crippen molar-refractivity contribution in [1.82, 2.24) is 10.1 Å². The lowest BCUT2D eigenvalue weighted by atomic mass is 10.0. The minimum atomic E-state index is -4.33. The number of alkyl halides is 3. The molecule has 0 fully saturated rings. The van der Waals surface area contributed by atoms with Gasteiger partial charge in [0.2, 0.25) is 5.82 Å². The number of nitrogens with zero attached hydrogens (tertiary/aromatic N) is 2. The number of halogens is 3. The van der Waals surface area contributed by atoms with Gasteiger partial charge >= 0.3 is 6.18 Å². The van der Waals surface area contributed by atoms with Crippen molar-refractivity contribution in [3.8, 4) is 22.8 Å². The molecule has 0 atom stereocenters. The molecule has 0 unspecified atom stereocenters. The van der Waals surface area contributed by atoms with Crippen LogP contribution in [0.3, 0.4) is 0 Å². The van der Waals surface area contributed by atoms with E-state index in [4.69, 9.17) is 9.26 Å². The highest BCUT2D eigenvalue weighted by molar-refractivity contribution is 5.61. The Balaban J connectivity index is 1.45. The van der Waals surface area contributed by atoms with Gasteiger partial charge in [-0.15, -0.1) is 0 Å². The zero-order valence-corrected chi connectivity index (χ0v) is 14.8. The Hall–Kier alpha value is -2.71. The molecule has 5 nitrogen and oxygen atoms in total. The van der Waals surface area contributed by atoms with Crippen LogP contribution in [-0.4, -0.2) is 29.5 Å². The van der Waals surface area contributed by atoms with Gasteiger partial charge in [-0.2, -0.15) is 18.2 Å². The minimum Gasteiger partial charge on any atom is -0.376 e. The fourth-order valence-electron chi connectivity index (χ4n) is 2.99. The van der Waals surface area contributed by atoms with E-state index < -0.39 is 12.8 Å². The molecule has 0 radical (unpaired) electrons. The molecular formula is C20H17F3N2O3. The maximum Gasteiger partial charge on any atom is 0.411 e. The van der Waals surface area contributed by atoms with Crippen LogP contribution in [0.4, 0.5) is 13.2 Å². The summed E-state index contributed by atoms with van der Waals surface area (Å²) >= 11 is 0. The number of benzene rings is 2. The van der Waals surface area contributed by atoms with Crippen molar-refractivity contribution in [2.24, 2.45) is 0 Å². The van der Waals surface area contributed by atoms with E-state index in [2.05, 4.69) is 14.9 Å². The quantitative estimate of drug-likeness (QED) is 0.640. The molecule has 0 N–H and O–H groups in total. The van der Waals surface area contributed by atoms with Gasteiger partial charge in [0, 0.05) is 11.1 Å². The van der Waals surface area contributed by atoms with Crippen molar-refractivity contribution in [1.29, 1.82) is 0 Å². The second-order valence-electron chi connectivity index (χ2n) is 6.51. The van der Waals surface area contributed by atoms with Crippen LogP contribution < -0.4 is 0 Å². The molecule has 2 heterocycles. The van der Waals surface area contributed by atoms with Gasteiger partial charge < -0.3 is 14.0 Å². The molecular weight excluding hydrogens is 373 g/mol. The molecule has 0 amide bonds. The monoisotopic (exact) mass is 390 g/mol. The third-order valence-corrected chi connectivity index (χ3v) is 4.40. The lowest BCUT2D eigenvalue weighted by Gasteiger charge is -2.16. The van der Waals surface area contributed by atoms with E-state index in [1.165, 1.54) is 5.56 Å². The highest BCUT2D eigenvalue weighted by atomic mass is 19.4. The molecule has 0 spiro atoms. The molecule has 2 aromatic carbocycles. The third-order valence-electron chi connectivity index (χ3n) is 4.40. The molecule has 4 rings (SSSR count). The lowest BCUT2D eigenvalue weighted by molar-refractivity contribution is -0.176. The lowest BCUT2D eigenvalue weighted by Crippen LogP contribution is -2.16. The molecule has 8 heteroatoms. The summed E-state index contributed by atoms with van der Waals surface area (Å²) in [5, 5.41) is 4.01. The van der Waals surface area contributed by atoms with Crippen molar-refractivity contribution in [2.75, 3.05) is 13.2 Å². The van der Waals surface area contributed by atoms with Gasteiger partial charge in [-0.25, -0.2) is 0 Å². The second kappa shape index (κ2) is 7.73. The van der Waals surface area contributed by atoms with E-state index in [1.807, 2.05) is 18.2 Å². The van der Waals surface area contributed by atoms with Crippen LogP contribution in [0.15, 0.2) is 47.0 Å². The Morgan fingerprint density at radius 2 is 1.79 bits per heavy atom. The van der Waals surface area contributed by atoms with Crippen LogP contribution >= 0.6 is 0 Å². The van der Waals surface area contributed by atoms with E-state index >= 15 is 0 Å². The summed E-state index contributed by atoms with van der Waals surface area (Å²) in [6, 6.07) is 12.8. The Morgan fingerprint density at radius 1 is 1.00 bits per heavy atom. The van der Waals surface area contributed by atoms with Gasteiger partial charge in [0.15, 0.2) is 0 Å². The normalized spacial score (nSPS) is 14.1. The van der Waals surface area contributed by atoms with E-state index in [9.17, 15) is 13.2 Å². The van der Waals surface area contributed by atoms with Crippen molar-refractivity contribution in [2.45, 2.75) is 25.8 Å². The van der Waals surface area contributed by atoms with Gasteiger partial charge in [0.05, 0.1) is 19.8 Å². The van der Waals surface area contributed by atoms with E-state index in [0.717, 1.165) is 17.5 Å². The van der Waals surface area contributed by atoms with Gasteiger partial charge in [-0.1, -0.05) is 35.5 Å². The molecule has 1 aromatic heterocycles. The average Bonchev–Trinajstić information content (AvgIpc) is 3.17. The summed E-state index contributed by atoms with van der Waals surface area (Å²) in [5.41, 5.74) is 4.57. The summed E-state index contributed by atoms with van der Waals surface area (Å²) in [6.45, 7) is -0.0692. The molecule has 0 saturated carbocycles. The van der Waals surface area contributed by atoms with Gasteiger partial charge in [0.1, 0.15) is 6.61 Å². The first kappa shape index (κ1) is 18.6. The number of aromatic nitrogens is 2. The number of rotatable bonds is 5. The topological polar surface area (TPSA) is 57.4 Å². The SMILES string of the molecule is FC(F)(F)COCc1ccc(-c2noc(-c3ccc4c(c3)CCOC4)n2)cc1. The van der Waals surface area contributed by atoms with E-state index in [-0.39, 0.29) is 6.61 Å². The van der Waals surface area contributed by atoms with Crippen LogP contribution in [0.1, 0.15) is 16.7 Å². The van der Waals surface area contributed by atoms with Gasteiger partial charge in [0.25, 0.3) is 5.89 Å². The van der Waals surface area contributed by atoms with Crippen molar-refractivity contribution in [3.63, 3.8) is 0 Å². The third kappa shape index (κ3) is 4.40. The Labute approximate surface area is 159 Å². The Morgan fingerprint density at radius 3 is 2.57 bits per heavy atom. The first-order valence-electron chi connectivity index (χ1n) is 8.75. The molecule has 0 aliphatic carbocycles. The van der Waals surface area contributed by atoms with Crippen LogP contribution in [0, 0.1) is 0 Å². The molecule has 1 aliphatic rings. The molecule has 146 valence electrons. The molecule has 1 aliphatic heterocycles. The Kier molecular flexibility index (Phi) is 5.15. The molecule has 3 aromatic rings. The predicted molar refractivity (Wildman–Crippen MR) is 94.2 cm³/mol. The van der Waals surface area contributed by atoms with Crippen LogP contribution in [0.2, 0.25) is 0 Å². The summed E-state index contributed by atoms with van der Waals surface area (Å²) in [5.74, 6) is 0.834. The zero-order chi connectivity index (χ0) is 19.6. The highest BCUT2D eigenvalue weighted by Gasteiger charge is 2.27. The fraction of sp³-hybridized carbons (Fsp3) is 0.300. The summed E-state index contributed by atoms with van der Waals surface area (Å²) < 4.78 is 51.8. The number of hydrogen-bond donors (Lipinski definition) is 0. The molecule has 0 bridgehead atoms. The first-order valence-corrected chi connectivity index (χ1v) is 8.75. The van der Waals surface area contributed by atoms with Crippen LogP contribution in [0.25, 0.3) is 22.8 Å².